The van der Waals surface area contributed by atoms with E-state index in [9.17, 15) is 13.2 Å². The van der Waals surface area contributed by atoms with Gasteiger partial charge in [0.05, 0.1) is 7.11 Å². The third-order valence-corrected chi connectivity index (χ3v) is 5.64. The zero-order chi connectivity index (χ0) is 19.8. The summed E-state index contributed by atoms with van der Waals surface area (Å²) in [6, 6.07) is 23.3. The summed E-state index contributed by atoms with van der Waals surface area (Å²) in [4.78, 5) is 12.9. The molecule has 0 saturated carbocycles. The number of methoxy groups -OCH3 is 1. The maximum absolute atomic E-state index is 12.9. The Balaban J connectivity index is 1.91. The zero-order valence-electron chi connectivity index (χ0n) is 15.0. The standard InChI is InChI=1S/C21H17NO5S/c1-26-20(23)21(18-9-5-6-10-19(18)27-28(24,25)22-21)17-13-11-16(12-14-17)15-7-3-2-4-8-15/h2-14,22H,1H3/t21-/m1/s1. The third kappa shape index (κ3) is 2.94. The van der Waals surface area contributed by atoms with Gasteiger partial charge in [0, 0.05) is 5.56 Å². The number of carbonyl (C=O) groups is 1. The van der Waals surface area contributed by atoms with E-state index in [1.807, 2.05) is 42.5 Å². The summed E-state index contributed by atoms with van der Waals surface area (Å²) in [5.74, 6) is -0.668. The first-order valence-corrected chi connectivity index (χ1v) is 9.94. The number of nitrogens with one attached hydrogen (secondary N) is 1. The normalized spacial score (nSPS) is 19.9. The molecule has 1 N–H and O–H groups in total. The number of benzene rings is 3. The van der Waals surface area contributed by atoms with Crippen LogP contribution in [0.3, 0.4) is 0 Å². The van der Waals surface area contributed by atoms with Gasteiger partial charge in [-0.2, -0.15) is 13.1 Å². The van der Waals surface area contributed by atoms with Crippen molar-refractivity contribution >= 4 is 16.3 Å². The van der Waals surface area contributed by atoms with Crippen LogP contribution in [0.25, 0.3) is 11.1 Å². The molecule has 0 aliphatic carbocycles. The SMILES string of the molecule is COC(=O)[C@]1(c2ccc(-c3ccccc3)cc2)NS(=O)(=O)Oc2ccccc21. The van der Waals surface area contributed by atoms with Crippen molar-refractivity contribution in [3.8, 4) is 16.9 Å². The molecule has 3 aromatic rings. The summed E-state index contributed by atoms with van der Waals surface area (Å²) in [6.45, 7) is 0. The van der Waals surface area contributed by atoms with Gasteiger partial charge in [-0.1, -0.05) is 72.8 Å². The Hall–Kier alpha value is -3.16. The molecule has 1 aliphatic rings. The molecular formula is C21H17NO5S. The van der Waals surface area contributed by atoms with Crippen molar-refractivity contribution in [2.24, 2.45) is 0 Å². The number of para-hydroxylation sites is 1. The third-order valence-electron chi connectivity index (χ3n) is 4.69. The summed E-state index contributed by atoms with van der Waals surface area (Å²) in [5, 5.41) is 0. The van der Waals surface area contributed by atoms with Gasteiger partial charge in [0.25, 0.3) is 0 Å². The number of esters is 1. The Morgan fingerprint density at radius 2 is 1.50 bits per heavy atom. The Morgan fingerprint density at radius 1 is 0.893 bits per heavy atom. The monoisotopic (exact) mass is 395 g/mol. The van der Waals surface area contributed by atoms with Crippen molar-refractivity contribution in [2.75, 3.05) is 7.11 Å². The van der Waals surface area contributed by atoms with Gasteiger partial charge < -0.3 is 8.92 Å². The van der Waals surface area contributed by atoms with Gasteiger partial charge in [0.1, 0.15) is 5.75 Å². The van der Waals surface area contributed by atoms with Gasteiger partial charge in [0.2, 0.25) is 0 Å². The molecule has 28 heavy (non-hydrogen) atoms. The average Bonchev–Trinajstić information content (AvgIpc) is 2.72. The fraction of sp³-hybridized carbons (Fsp3) is 0.0952. The van der Waals surface area contributed by atoms with Crippen molar-refractivity contribution in [3.63, 3.8) is 0 Å². The molecule has 0 radical (unpaired) electrons. The van der Waals surface area contributed by atoms with Crippen LogP contribution in [0.15, 0.2) is 78.9 Å². The predicted molar refractivity (Wildman–Crippen MR) is 104 cm³/mol. The van der Waals surface area contributed by atoms with Gasteiger partial charge in [-0.15, -0.1) is 0 Å². The summed E-state index contributed by atoms with van der Waals surface area (Å²) in [5.41, 5.74) is 1.00. The first-order chi connectivity index (χ1) is 13.5. The minimum Gasteiger partial charge on any atom is -0.467 e. The van der Waals surface area contributed by atoms with Crippen molar-refractivity contribution < 1.29 is 22.1 Å². The lowest BCUT2D eigenvalue weighted by Crippen LogP contribution is -2.56. The number of ether oxygens (including phenoxy) is 1. The van der Waals surface area contributed by atoms with E-state index in [2.05, 4.69) is 4.72 Å². The minimum absolute atomic E-state index is 0.0822. The van der Waals surface area contributed by atoms with Crippen molar-refractivity contribution in [1.82, 2.24) is 4.72 Å². The number of rotatable bonds is 3. The molecule has 3 aromatic carbocycles. The van der Waals surface area contributed by atoms with Crippen molar-refractivity contribution in [3.05, 3.63) is 90.0 Å². The summed E-state index contributed by atoms with van der Waals surface area (Å²) < 4.78 is 37.1. The molecule has 0 amide bonds. The molecule has 0 unspecified atom stereocenters. The quantitative estimate of drug-likeness (QED) is 0.690. The summed E-state index contributed by atoms with van der Waals surface area (Å²) >= 11 is 0. The molecule has 0 aromatic heterocycles. The molecule has 4 rings (SSSR count). The first kappa shape index (κ1) is 18.2. The van der Waals surface area contributed by atoms with E-state index in [-0.39, 0.29) is 5.75 Å². The predicted octanol–water partition coefficient (Wildman–Crippen LogP) is 3.00. The minimum atomic E-state index is -4.22. The van der Waals surface area contributed by atoms with Gasteiger partial charge in [-0.05, 0) is 22.8 Å². The smallest absolute Gasteiger partial charge is 0.384 e. The summed E-state index contributed by atoms with van der Waals surface area (Å²) in [7, 11) is -3.00. The van der Waals surface area contributed by atoms with Crippen molar-refractivity contribution in [2.45, 2.75) is 5.54 Å². The van der Waals surface area contributed by atoms with Gasteiger partial charge in [-0.3, -0.25) is 0 Å². The fourth-order valence-electron chi connectivity index (χ4n) is 3.41. The highest BCUT2D eigenvalue weighted by Gasteiger charge is 2.52. The molecule has 0 saturated heterocycles. The van der Waals surface area contributed by atoms with Crippen LogP contribution in [0.2, 0.25) is 0 Å². The Labute approximate surface area is 163 Å². The Bertz CT molecular complexity index is 1130. The molecule has 142 valence electrons. The van der Waals surface area contributed by atoms with Crippen LogP contribution in [-0.2, 0) is 25.4 Å². The first-order valence-electron chi connectivity index (χ1n) is 8.53. The van der Waals surface area contributed by atoms with Crippen molar-refractivity contribution in [1.29, 1.82) is 0 Å². The highest BCUT2D eigenvalue weighted by Crippen LogP contribution is 2.41. The average molecular weight is 395 g/mol. The molecule has 0 bridgehead atoms. The lowest BCUT2D eigenvalue weighted by molar-refractivity contribution is -0.146. The molecule has 1 heterocycles. The number of hydrogen-bond acceptors (Lipinski definition) is 5. The molecule has 6 nitrogen and oxygen atoms in total. The van der Waals surface area contributed by atoms with E-state index in [4.69, 9.17) is 8.92 Å². The molecule has 0 spiro atoms. The second-order valence-electron chi connectivity index (χ2n) is 6.32. The number of carbonyl (C=O) groups excluding carboxylic acids is 1. The molecule has 0 fully saturated rings. The van der Waals surface area contributed by atoms with Crippen LogP contribution < -0.4 is 8.91 Å². The lowest BCUT2D eigenvalue weighted by atomic mass is 9.82. The van der Waals surface area contributed by atoms with Gasteiger partial charge in [-0.25, -0.2) is 4.79 Å². The van der Waals surface area contributed by atoms with Gasteiger partial charge >= 0.3 is 16.3 Å². The van der Waals surface area contributed by atoms with E-state index in [0.29, 0.717) is 11.1 Å². The van der Waals surface area contributed by atoms with E-state index in [1.54, 1.807) is 30.3 Å². The van der Waals surface area contributed by atoms with E-state index in [1.165, 1.54) is 13.2 Å². The second-order valence-corrected chi connectivity index (χ2v) is 7.60. The fourth-order valence-corrected chi connectivity index (χ4v) is 4.52. The van der Waals surface area contributed by atoms with Gasteiger partial charge in [0.15, 0.2) is 5.54 Å². The van der Waals surface area contributed by atoms with Crippen LogP contribution in [0, 0.1) is 0 Å². The van der Waals surface area contributed by atoms with Crippen LogP contribution in [-0.4, -0.2) is 21.5 Å². The number of fused-ring (bicyclic) bond motifs is 1. The second kappa shape index (κ2) is 6.78. The molecule has 7 heteroatoms. The van der Waals surface area contributed by atoms with Crippen LogP contribution >= 0.6 is 0 Å². The summed E-state index contributed by atoms with van der Waals surface area (Å²) in [6.07, 6.45) is 0. The highest BCUT2D eigenvalue weighted by atomic mass is 32.2. The molecule has 1 aliphatic heterocycles. The maximum Gasteiger partial charge on any atom is 0.384 e. The largest absolute Gasteiger partial charge is 0.467 e. The maximum atomic E-state index is 12.9. The van der Waals surface area contributed by atoms with E-state index in [0.717, 1.165) is 11.1 Å². The zero-order valence-corrected chi connectivity index (χ0v) is 15.8. The Morgan fingerprint density at radius 3 is 2.18 bits per heavy atom. The Kier molecular flexibility index (Phi) is 4.41. The van der Waals surface area contributed by atoms with E-state index < -0.39 is 21.8 Å². The molecule has 1 atom stereocenters. The van der Waals surface area contributed by atoms with Crippen LogP contribution in [0.4, 0.5) is 0 Å². The lowest BCUT2D eigenvalue weighted by Gasteiger charge is -2.36. The van der Waals surface area contributed by atoms with Crippen LogP contribution in [0.5, 0.6) is 5.75 Å². The van der Waals surface area contributed by atoms with E-state index >= 15 is 0 Å². The van der Waals surface area contributed by atoms with Crippen LogP contribution in [0.1, 0.15) is 11.1 Å². The molecular weight excluding hydrogens is 378 g/mol. The number of hydrogen-bond donors (Lipinski definition) is 1. The highest BCUT2D eigenvalue weighted by molar-refractivity contribution is 7.85. The topological polar surface area (TPSA) is 81.7 Å².